The summed E-state index contributed by atoms with van der Waals surface area (Å²) >= 11 is 0. The number of ether oxygens (including phenoxy) is 2. The molecule has 0 amide bonds. The smallest absolute Gasteiger partial charge is 0.236 e. The molecule has 4 aliphatic heterocycles. The SMILES string of the molecule is Fc1ccc(-c2c(C3CCOCC3)nc([N+]34CCN(CC3)CC4)c3cc(OCc4ccccc4)ccc23)cc1F. The number of aromatic nitrogens is 1. The van der Waals surface area contributed by atoms with Gasteiger partial charge in [-0.05, 0) is 59.7 Å². The predicted molar refractivity (Wildman–Crippen MR) is 153 cm³/mol. The number of fused-ring (bicyclic) bond motifs is 4. The Morgan fingerprint density at radius 1 is 0.850 bits per heavy atom. The van der Waals surface area contributed by atoms with Crippen molar-refractivity contribution >= 4 is 16.6 Å². The third-order valence-corrected chi connectivity index (χ3v) is 9.03. The summed E-state index contributed by atoms with van der Waals surface area (Å²) in [5.41, 5.74) is 3.64. The van der Waals surface area contributed by atoms with E-state index < -0.39 is 11.6 Å². The lowest BCUT2D eigenvalue weighted by Gasteiger charge is -2.49. The summed E-state index contributed by atoms with van der Waals surface area (Å²) in [4.78, 5) is 8.06. The van der Waals surface area contributed by atoms with E-state index in [0.717, 1.165) is 95.8 Å². The highest BCUT2D eigenvalue weighted by Crippen LogP contribution is 2.45. The van der Waals surface area contributed by atoms with Crippen molar-refractivity contribution in [3.8, 4) is 16.9 Å². The summed E-state index contributed by atoms with van der Waals surface area (Å²) in [7, 11) is 0. The number of benzene rings is 3. The molecule has 2 bridgehead atoms. The second kappa shape index (κ2) is 10.5. The fourth-order valence-electron chi connectivity index (χ4n) is 6.70. The summed E-state index contributed by atoms with van der Waals surface area (Å²) in [6, 6.07) is 20.6. The van der Waals surface area contributed by atoms with Crippen LogP contribution in [0.2, 0.25) is 0 Å². The van der Waals surface area contributed by atoms with Crippen LogP contribution in [0.25, 0.3) is 21.9 Å². The molecule has 1 aromatic heterocycles. The van der Waals surface area contributed by atoms with Crippen molar-refractivity contribution in [1.29, 1.82) is 0 Å². The van der Waals surface area contributed by atoms with Crippen molar-refractivity contribution in [2.45, 2.75) is 25.4 Å². The second-order valence-electron chi connectivity index (χ2n) is 11.4. The van der Waals surface area contributed by atoms with Crippen LogP contribution < -0.4 is 9.22 Å². The van der Waals surface area contributed by atoms with Gasteiger partial charge >= 0.3 is 0 Å². The van der Waals surface area contributed by atoms with Gasteiger partial charge in [-0.3, -0.25) is 9.38 Å². The van der Waals surface area contributed by atoms with Crippen molar-refractivity contribution in [3.05, 3.63) is 89.6 Å². The molecule has 8 rings (SSSR count). The van der Waals surface area contributed by atoms with E-state index in [9.17, 15) is 8.78 Å². The molecular weight excluding hydrogens is 508 g/mol. The number of hydrogen-bond acceptors (Lipinski definition) is 4. The number of hydrogen-bond donors (Lipinski definition) is 0. The van der Waals surface area contributed by atoms with Gasteiger partial charge in [0.05, 0.1) is 30.7 Å². The average molecular weight is 543 g/mol. The van der Waals surface area contributed by atoms with Crippen molar-refractivity contribution < 1.29 is 18.3 Å². The van der Waals surface area contributed by atoms with Gasteiger partial charge in [0.15, 0.2) is 11.6 Å². The zero-order valence-corrected chi connectivity index (χ0v) is 22.6. The predicted octanol–water partition coefficient (Wildman–Crippen LogP) is 6.29. The zero-order valence-electron chi connectivity index (χ0n) is 22.6. The molecule has 4 saturated heterocycles. The standard InChI is InChI=1S/C33H34F2N3O2/c34-29-9-6-25(20-30(29)35)31-27-8-7-26(40-22-23-4-2-1-3-5-23)21-28(27)33(36-32(31)24-10-18-39-19-11-24)38-15-12-37(13-16-38)14-17-38/h1-9,20-21,24H,10-19,22H2/q+1. The largest absolute Gasteiger partial charge is 0.489 e. The van der Waals surface area contributed by atoms with Crippen molar-refractivity contribution in [1.82, 2.24) is 14.4 Å². The number of quaternary nitrogens is 1. The van der Waals surface area contributed by atoms with Crippen LogP contribution in [0, 0.1) is 11.6 Å². The maximum atomic E-state index is 14.6. The summed E-state index contributed by atoms with van der Waals surface area (Å²) in [5.74, 6) is 0.379. The monoisotopic (exact) mass is 542 g/mol. The molecule has 4 aromatic rings. The van der Waals surface area contributed by atoms with Gasteiger partial charge in [-0.25, -0.2) is 8.78 Å². The van der Waals surface area contributed by atoms with E-state index in [1.165, 1.54) is 12.1 Å². The van der Waals surface area contributed by atoms with Gasteiger partial charge in [-0.15, -0.1) is 0 Å². The van der Waals surface area contributed by atoms with Gasteiger partial charge in [0.1, 0.15) is 12.4 Å². The van der Waals surface area contributed by atoms with Gasteiger partial charge in [0.2, 0.25) is 5.82 Å². The molecular formula is C33H34F2N3O2+. The van der Waals surface area contributed by atoms with E-state index in [-0.39, 0.29) is 5.92 Å². The fraction of sp³-hybridized carbons (Fsp3) is 0.364. The first-order valence-corrected chi connectivity index (χ1v) is 14.4. The second-order valence-corrected chi connectivity index (χ2v) is 11.4. The topological polar surface area (TPSA) is 34.6 Å². The van der Waals surface area contributed by atoms with E-state index in [2.05, 4.69) is 29.2 Å². The molecule has 0 atom stereocenters. The highest BCUT2D eigenvalue weighted by atomic mass is 19.2. The Balaban J connectivity index is 1.43. The Kier molecular flexibility index (Phi) is 6.74. The summed E-state index contributed by atoms with van der Waals surface area (Å²) < 4.78 is 41.5. The van der Waals surface area contributed by atoms with Crippen LogP contribution in [0.1, 0.15) is 30.0 Å². The Morgan fingerprint density at radius 3 is 2.33 bits per heavy atom. The van der Waals surface area contributed by atoms with Gasteiger partial charge in [0.25, 0.3) is 0 Å². The lowest BCUT2D eigenvalue weighted by molar-refractivity contribution is 0.0659. The number of pyridine rings is 1. The number of nitrogens with zero attached hydrogens (tertiary/aromatic N) is 3. The average Bonchev–Trinajstić information content (AvgIpc) is 3.02. The van der Waals surface area contributed by atoms with E-state index in [1.807, 2.05) is 24.3 Å². The Labute approximate surface area is 233 Å². The van der Waals surface area contributed by atoms with E-state index >= 15 is 0 Å². The Bertz CT molecular complexity index is 1520. The zero-order chi connectivity index (χ0) is 27.1. The molecule has 4 aliphatic rings. The molecule has 5 heterocycles. The van der Waals surface area contributed by atoms with Crippen LogP contribution in [-0.4, -0.2) is 62.4 Å². The molecule has 0 N–H and O–H groups in total. The Hall–Kier alpha value is -3.39. The molecule has 206 valence electrons. The van der Waals surface area contributed by atoms with Gasteiger partial charge in [-0.2, -0.15) is 4.98 Å². The maximum Gasteiger partial charge on any atom is 0.236 e. The van der Waals surface area contributed by atoms with Crippen LogP contribution >= 0.6 is 0 Å². The number of piperazine rings is 3. The molecule has 0 saturated carbocycles. The minimum Gasteiger partial charge on any atom is -0.489 e. The quantitative estimate of drug-likeness (QED) is 0.268. The molecule has 0 aliphatic carbocycles. The lowest BCUT2D eigenvalue weighted by Crippen LogP contribution is -2.68. The molecule has 4 fully saturated rings. The minimum absolute atomic E-state index is 0.193. The van der Waals surface area contributed by atoms with Crippen LogP contribution in [-0.2, 0) is 11.3 Å². The molecule has 0 spiro atoms. The summed E-state index contributed by atoms with van der Waals surface area (Å²) in [6.07, 6.45) is 1.72. The van der Waals surface area contributed by atoms with E-state index in [4.69, 9.17) is 14.5 Å². The van der Waals surface area contributed by atoms with Crippen LogP contribution in [0.3, 0.4) is 0 Å². The van der Waals surface area contributed by atoms with Gasteiger partial charge in [0, 0.05) is 44.3 Å². The fourth-order valence-corrected chi connectivity index (χ4v) is 6.70. The highest BCUT2D eigenvalue weighted by molar-refractivity contribution is 6.03. The van der Waals surface area contributed by atoms with Crippen molar-refractivity contribution in [2.24, 2.45) is 0 Å². The highest BCUT2D eigenvalue weighted by Gasteiger charge is 2.43. The number of rotatable bonds is 6. The maximum absolute atomic E-state index is 14.6. The van der Waals surface area contributed by atoms with Crippen LogP contribution in [0.15, 0.2) is 66.7 Å². The van der Waals surface area contributed by atoms with E-state index in [1.54, 1.807) is 6.07 Å². The van der Waals surface area contributed by atoms with Gasteiger partial charge < -0.3 is 9.47 Å². The Morgan fingerprint density at radius 2 is 1.60 bits per heavy atom. The molecule has 7 heteroatoms. The van der Waals surface area contributed by atoms with Crippen molar-refractivity contribution in [3.63, 3.8) is 0 Å². The third kappa shape index (κ3) is 4.66. The van der Waals surface area contributed by atoms with Crippen LogP contribution in [0.5, 0.6) is 5.75 Å². The lowest BCUT2D eigenvalue weighted by atomic mass is 9.87. The normalized spacial score (nSPS) is 23.0. The first kappa shape index (κ1) is 25.6. The van der Waals surface area contributed by atoms with Gasteiger partial charge in [-0.1, -0.05) is 36.4 Å². The van der Waals surface area contributed by atoms with Crippen molar-refractivity contribution in [2.75, 3.05) is 52.5 Å². The van der Waals surface area contributed by atoms with Crippen LogP contribution in [0.4, 0.5) is 14.6 Å². The molecule has 5 nitrogen and oxygen atoms in total. The summed E-state index contributed by atoms with van der Waals surface area (Å²) in [5, 5.41) is 2.06. The molecule has 0 radical (unpaired) electrons. The molecule has 3 aromatic carbocycles. The first-order chi connectivity index (χ1) is 19.6. The summed E-state index contributed by atoms with van der Waals surface area (Å²) in [6.45, 7) is 8.08. The van der Waals surface area contributed by atoms with E-state index in [0.29, 0.717) is 25.4 Å². The number of halogens is 2. The molecule has 40 heavy (non-hydrogen) atoms. The minimum atomic E-state index is -0.843. The first-order valence-electron chi connectivity index (χ1n) is 14.4. The molecule has 0 unspecified atom stereocenters. The third-order valence-electron chi connectivity index (χ3n) is 9.03.